The molecule has 0 N–H and O–H groups in total. The fourth-order valence-corrected chi connectivity index (χ4v) is 11.8. The van der Waals surface area contributed by atoms with Crippen molar-refractivity contribution in [1.29, 1.82) is 0 Å². The van der Waals surface area contributed by atoms with E-state index in [-0.39, 0.29) is 5.92 Å². The summed E-state index contributed by atoms with van der Waals surface area (Å²) in [5, 5.41) is 3.58. The van der Waals surface area contributed by atoms with Crippen molar-refractivity contribution in [3.63, 3.8) is 0 Å². The maximum absolute atomic E-state index is 7.19. The lowest BCUT2D eigenvalue weighted by atomic mass is 9.67. The highest BCUT2D eigenvalue weighted by Crippen LogP contribution is 2.66. The molecule has 2 aliphatic carbocycles. The van der Waals surface area contributed by atoms with Crippen LogP contribution in [0.25, 0.3) is 55.2 Å². The number of aromatic nitrogens is 1. The summed E-state index contributed by atoms with van der Waals surface area (Å²) < 4.78 is 9.57. The van der Waals surface area contributed by atoms with E-state index in [9.17, 15) is 0 Å². The van der Waals surface area contributed by atoms with Gasteiger partial charge in [0.25, 0.3) is 0 Å². The van der Waals surface area contributed by atoms with Crippen LogP contribution in [0, 0.1) is 5.92 Å². The monoisotopic (exact) mass is 887 g/mol. The fraction of sp³-hybridized carbons (Fsp3) is 0.0769. The molecule has 2 heterocycles. The Kier molecular flexibility index (Phi) is 9.45. The van der Waals surface area contributed by atoms with Crippen LogP contribution in [0.2, 0.25) is 0 Å². The molecule has 0 bridgehead atoms. The summed E-state index contributed by atoms with van der Waals surface area (Å²) in [6.07, 6.45) is 2.45. The van der Waals surface area contributed by atoms with Crippen LogP contribution in [0.15, 0.2) is 252 Å². The Bertz CT molecular complexity index is 3780. The maximum Gasteiger partial charge on any atom is 0.136 e. The zero-order chi connectivity index (χ0) is 46.2. The Morgan fingerprint density at radius 1 is 0.493 bits per heavy atom. The molecule has 0 saturated heterocycles. The van der Waals surface area contributed by atoms with Gasteiger partial charge in [-0.25, -0.2) is 0 Å². The number of benzene rings is 9. The number of hydrogen-bond acceptors (Lipinski definition) is 3. The van der Waals surface area contributed by atoms with E-state index in [0.717, 1.165) is 56.6 Å². The van der Waals surface area contributed by atoms with Gasteiger partial charge in [0.1, 0.15) is 11.3 Å². The van der Waals surface area contributed by atoms with Crippen LogP contribution >= 0.6 is 0 Å². The van der Waals surface area contributed by atoms with Gasteiger partial charge in [0.2, 0.25) is 0 Å². The summed E-state index contributed by atoms with van der Waals surface area (Å²) >= 11 is 0. The molecular weight excluding hydrogens is 839 g/mol. The number of allylic oxidation sites excluding steroid dienone is 3. The van der Waals surface area contributed by atoms with Crippen LogP contribution in [0.4, 0.5) is 28.4 Å². The Morgan fingerprint density at radius 3 is 1.77 bits per heavy atom. The maximum atomic E-state index is 7.19. The van der Waals surface area contributed by atoms with Crippen LogP contribution in [-0.4, -0.2) is 4.57 Å². The molecule has 0 radical (unpaired) electrons. The largest absolute Gasteiger partial charge is 0.456 e. The van der Waals surface area contributed by atoms with Crippen molar-refractivity contribution in [2.45, 2.75) is 26.2 Å². The van der Waals surface area contributed by atoms with E-state index in [4.69, 9.17) is 4.42 Å². The predicted molar refractivity (Wildman–Crippen MR) is 288 cm³/mol. The minimum absolute atomic E-state index is 0.00163. The quantitative estimate of drug-likeness (QED) is 0.152. The molecule has 2 atom stereocenters. The minimum atomic E-state index is -0.523. The number of rotatable bonds is 8. The Labute approximate surface area is 403 Å². The zero-order valence-electron chi connectivity index (χ0n) is 38.8. The standard InChI is InChI=1S/C65H49N3O/c1-43(2)61(67(47-26-12-6-13-27-47)50-37-39-60-56(41-50)52-31-17-20-34-59(52)68(60)48-28-14-7-15-29-48)42-54-44(3)65(63-53-32-18-21-35-62(53)69-64(54)63)57-33-19-16-30-51(57)55-40-49(36-38-58(55)65)66(45-22-8-4-9-23-45)46-24-10-5-11-25-46/h4-42,44H,1-3H3/b54-42+. The van der Waals surface area contributed by atoms with Crippen molar-refractivity contribution in [3.05, 3.63) is 270 Å². The van der Waals surface area contributed by atoms with Gasteiger partial charge in [-0.15, -0.1) is 0 Å². The van der Waals surface area contributed by atoms with Gasteiger partial charge in [0.05, 0.1) is 16.4 Å². The second-order valence-corrected chi connectivity index (χ2v) is 18.7. The van der Waals surface area contributed by atoms with E-state index >= 15 is 0 Å². The normalized spacial score (nSPS) is 16.3. The molecule has 4 heteroatoms. The summed E-state index contributed by atoms with van der Waals surface area (Å²) in [6.45, 7) is 6.91. The molecule has 2 unspecified atom stereocenters. The number of hydrogen-bond donors (Lipinski definition) is 0. The molecule has 330 valence electrons. The summed E-state index contributed by atoms with van der Waals surface area (Å²) in [5.74, 6) is 0.959. The first kappa shape index (κ1) is 40.7. The molecular formula is C65H49N3O. The average Bonchev–Trinajstić information content (AvgIpc) is 4.10. The Morgan fingerprint density at radius 2 is 1.06 bits per heavy atom. The predicted octanol–water partition coefficient (Wildman–Crippen LogP) is 17.5. The Balaban J connectivity index is 1.02. The van der Waals surface area contributed by atoms with E-state index in [1.807, 2.05) is 0 Å². The van der Waals surface area contributed by atoms with E-state index in [1.54, 1.807) is 0 Å². The second-order valence-electron chi connectivity index (χ2n) is 18.7. The van der Waals surface area contributed by atoms with Gasteiger partial charge in [-0.3, -0.25) is 0 Å². The lowest BCUT2D eigenvalue weighted by Crippen LogP contribution is -2.31. The number of anilines is 5. The van der Waals surface area contributed by atoms with Crippen LogP contribution in [0.5, 0.6) is 0 Å². The van der Waals surface area contributed by atoms with Gasteiger partial charge < -0.3 is 18.8 Å². The first-order valence-electron chi connectivity index (χ1n) is 24.0. The highest BCUT2D eigenvalue weighted by Gasteiger charge is 2.57. The molecule has 0 aliphatic heterocycles. The number of fused-ring (bicyclic) bond motifs is 12. The van der Waals surface area contributed by atoms with Crippen LogP contribution < -0.4 is 9.80 Å². The van der Waals surface area contributed by atoms with E-state index in [0.29, 0.717) is 0 Å². The van der Waals surface area contributed by atoms with Gasteiger partial charge in [0, 0.05) is 73.0 Å². The smallest absolute Gasteiger partial charge is 0.136 e. The van der Waals surface area contributed by atoms with Gasteiger partial charge in [-0.05, 0) is 133 Å². The van der Waals surface area contributed by atoms with Gasteiger partial charge in [-0.2, -0.15) is 0 Å². The summed E-state index contributed by atoms with van der Waals surface area (Å²) in [5.41, 5.74) is 19.3. The fourth-order valence-electron chi connectivity index (χ4n) is 11.8. The molecule has 2 aliphatic rings. The molecule has 69 heavy (non-hydrogen) atoms. The molecule has 1 spiro atoms. The lowest BCUT2D eigenvalue weighted by molar-refractivity contribution is 0.534. The van der Waals surface area contributed by atoms with E-state index in [2.05, 4.69) is 272 Å². The van der Waals surface area contributed by atoms with Crippen molar-refractivity contribution in [3.8, 4) is 16.8 Å². The van der Waals surface area contributed by atoms with E-state index < -0.39 is 5.41 Å². The van der Waals surface area contributed by atoms with E-state index in [1.165, 1.54) is 60.8 Å². The topological polar surface area (TPSA) is 24.6 Å². The zero-order valence-corrected chi connectivity index (χ0v) is 38.8. The van der Waals surface area contributed by atoms with Crippen molar-refractivity contribution < 1.29 is 4.42 Å². The highest BCUT2D eigenvalue weighted by molar-refractivity contribution is 6.11. The van der Waals surface area contributed by atoms with Crippen LogP contribution in [0.1, 0.15) is 43.2 Å². The third-order valence-electron chi connectivity index (χ3n) is 14.7. The minimum Gasteiger partial charge on any atom is -0.456 e. The number of para-hydroxylation sites is 6. The van der Waals surface area contributed by atoms with Gasteiger partial charge >= 0.3 is 0 Å². The third-order valence-corrected chi connectivity index (χ3v) is 14.7. The second kappa shape index (κ2) is 16.0. The molecule has 0 fully saturated rings. The van der Waals surface area contributed by atoms with Crippen molar-refractivity contribution in [1.82, 2.24) is 4.57 Å². The SMILES string of the molecule is CC(C)=C(/C=C1/c2oc3ccccc3c2C2(c3ccccc3-c3cc(N(c4ccccc4)c4ccccc4)ccc32)C1C)N(c1ccccc1)c1ccc2c(c1)c1ccccc1n2-c1ccccc1. The number of nitrogens with zero attached hydrogens (tertiary/aromatic N) is 3. The number of furan rings is 1. The lowest BCUT2D eigenvalue weighted by Gasteiger charge is -2.34. The molecule has 13 rings (SSSR count). The highest BCUT2D eigenvalue weighted by atomic mass is 16.3. The third kappa shape index (κ3) is 6.15. The van der Waals surface area contributed by atoms with Gasteiger partial charge in [-0.1, -0.05) is 152 Å². The average molecular weight is 888 g/mol. The molecule has 11 aromatic rings. The summed E-state index contributed by atoms with van der Waals surface area (Å²) in [4.78, 5) is 4.81. The van der Waals surface area contributed by atoms with Gasteiger partial charge in [0.15, 0.2) is 0 Å². The van der Waals surface area contributed by atoms with Crippen molar-refractivity contribution in [2.24, 2.45) is 5.92 Å². The molecule has 2 aromatic heterocycles. The molecule has 9 aromatic carbocycles. The Hall–Kier alpha value is -8.60. The molecule has 0 saturated carbocycles. The van der Waals surface area contributed by atoms with Crippen molar-refractivity contribution >= 4 is 66.8 Å². The summed E-state index contributed by atoms with van der Waals surface area (Å²) in [7, 11) is 0. The first-order valence-corrected chi connectivity index (χ1v) is 24.0. The molecule has 4 nitrogen and oxygen atoms in total. The van der Waals surface area contributed by atoms with Crippen LogP contribution in [0.3, 0.4) is 0 Å². The first-order chi connectivity index (χ1) is 34.0. The van der Waals surface area contributed by atoms with Crippen LogP contribution in [-0.2, 0) is 5.41 Å². The summed E-state index contributed by atoms with van der Waals surface area (Å²) in [6, 6.07) is 83.5. The molecule has 0 amide bonds. The van der Waals surface area contributed by atoms with Crippen molar-refractivity contribution in [2.75, 3.05) is 9.80 Å².